The van der Waals surface area contributed by atoms with Gasteiger partial charge in [0.05, 0.1) is 30.4 Å². The molecule has 148 valence electrons. The van der Waals surface area contributed by atoms with Crippen LogP contribution in [0.2, 0.25) is 0 Å². The molecule has 0 spiro atoms. The molecule has 0 bridgehead atoms. The topological polar surface area (TPSA) is 104 Å². The molecule has 1 aliphatic rings. The molecule has 0 N–H and O–H groups in total. The molecule has 1 atom stereocenters. The van der Waals surface area contributed by atoms with E-state index in [2.05, 4.69) is 26.6 Å². The summed E-state index contributed by atoms with van der Waals surface area (Å²) < 4.78 is 18.7. The lowest BCUT2D eigenvalue weighted by molar-refractivity contribution is -0.129. The predicted molar refractivity (Wildman–Crippen MR) is 102 cm³/mol. The van der Waals surface area contributed by atoms with E-state index in [0.717, 1.165) is 0 Å². The molecule has 1 unspecified atom stereocenters. The first-order valence-electron chi connectivity index (χ1n) is 9.01. The van der Waals surface area contributed by atoms with Crippen molar-refractivity contribution in [2.24, 2.45) is 5.10 Å². The Morgan fingerprint density at radius 3 is 2.93 bits per heavy atom. The summed E-state index contributed by atoms with van der Waals surface area (Å²) in [4.78, 5) is 24.9. The van der Waals surface area contributed by atoms with Crippen LogP contribution in [0.15, 0.2) is 41.8 Å². The maximum Gasteiger partial charge on any atom is 0.269 e. The molecule has 0 saturated carbocycles. The molecular formula is C20H19FN6O2. The Labute approximate surface area is 167 Å². The van der Waals surface area contributed by atoms with E-state index in [1.807, 2.05) is 6.07 Å². The fraction of sp³-hybridized carbons (Fsp3) is 0.300. The fourth-order valence-corrected chi connectivity index (χ4v) is 2.76. The molecule has 2 aromatic heterocycles. The first-order chi connectivity index (χ1) is 14.0. The second-order valence-electron chi connectivity index (χ2n) is 6.41. The summed E-state index contributed by atoms with van der Waals surface area (Å²) >= 11 is 0. The Bertz CT molecular complexity index is 983. The highest BCUT2D eigenvalue weighted by atomic mass is 19.1. The highest BCUT2D eigenvalue weighted by Crippen LogP contribution is 2.28. The summed E-state index contributed by atoms with van der Waals surface area (Å²) in [6, 6.07) is 4.30. The summed E-state index contributed by atoms with van der Waals surface area (Å²) in [7, 11) is 0. The Morgan fingerprint density at radius 1 is 1.41 bits per heavy atom. The van der Waals surface area contributed by atoms with E-state index in [0.29, 0.717) is 43.0 Å². The van der Waals surface area contributed by atoms with Crippen LogP contribution in [0.4, 0.5) is 4.39 Å². The summed E-state index contributed by atoms with van der Waals surface area (Å²) in [6.45, 7) is 5.74. The minimum atomic E-state index is -0.385. The Balaban J connectivity index is 1.52. The number of nitriles is 1. The van der Waals surface area contributed by atoms with Crippen molar-refractivity contribution in [2.75, 3.05) is 6.61 Å². The second kappa shape index (κ2) is 9.01. The number of amides is 1. The third kappa shape index (κ3) is 4.79. The number of aromatic nitrogens is 3. The molecule has 0 aromatic carbocycles. The lowest BCUT2D eigenvalue weighted by Crippen LogP contribution is -2.29. The number of aryl methyl sites for hydroxylation is 1. The quantitative estimate of drug-likeness (QED) is 0.528. The van der Waals surface area contributed by atoms with Crippen LogP contribution in [-0.4, -0.2) is 38.7 Å². The van der Waals surface area contributed by atoms with E-state index in [1.54, 1.807) is 13.1 Å². The van der Waals surface area contributed by atoms with Crippen molar-refractivity contribution < 1.29 is 13.9 Å². The van der Waals surface area contributed by atoms with E-state index >= 15 is 0 Å². The third-order valence-electron chi connectivity index (χ3n) is 4.34. The molecular weight excluding hydrogens is 375 g/mol. The molecule has 0 fully saturated rings. The van der Waals surface area contributed by atoms with Crippen LogP contribution in [0.25, 0.3) is 0 Å². The molecule has 2 aromatic rings. The van der Waals surface area contributed by atoms with Crippen LogP contribution >= 0.6 is 0 Å². The van der Waals surface area contributed by atoms with Gasteiger partial charge in [-0.15, -0.1) is 0 Å². The smallest absolute Gasteiger partial charge is 0.269 e. The molecule has 9 heteroatoms. The van der Waals surface area contributed by atoms with Crippen molar-refractivity contribution in [1.29, 1.82) is 5.26 Å². The van der Waals surface area contributed by atoms with E-state index in [4.69, 9.17) is 10.00 Å². The van der Waals surface area contributed by atoms with E-state index in [1.165, 1.54) is 29.5 Å². The van der Waals surface area contributed by atoms with Crippen LogP contribution in [0.1, 0.15) is 42.4 Å². The molecule has 1 amide bonds. The van der Waals surface area contributed by atoms with Gasteiger partial charge >= 0.3 is 0 Å². The molecule has 3 heterocycles. The number of hydrazone groups is 1. The van der Waals surface area contributed by atoms with Crippen molar-refractivity contribution >= 4 is 12.1 Å². The van der Waals surface area contributed by atoms with Crippen LogP contribution in [-0.2, 0) is 4.79 Å². The fourth-order valence-electron chi connectivity index (χ4n) is 2.76. The minimum absolute atomic E-state index is 0.209. The SMILES string of the molecule is C=C(CCCOc1ccc(F)c(C)n1)C(=O)N1N=CCC1c1cnc(C#N)cn1. The largest absolute Gasteiger partial charge is 0.478 e. The Kier molecular flexibility index (Phi) is 6.24. The van der Waals surface area contributed by atoms with Gasteiger partial charge < -0.3 is 4.74 Å². The summed E-state index contributed by atoms with van der Waals surface area (Å²) in [5, 5.41) is 14.3. The Hall–Kier alpha value is -3.67. The minimum Gasteiger partial charge on any atom is -0.478 e. The highest BCUT2D eigenvalue weighted by molar-refractivity contribution is 5.94. The van der Waals surface area contributed by atoms with Gasteiger partial charge in [-0.3, -0.25) is 9.78 Å². The molecule has 29 heavy (non-hydrogen) atoms. The number of ether oxygens (including phenoxy) is 1. The van der Waals surface area contributed by atoms with E-state index in [9.17, 15) is 9.18 Å². The number of carbonyl (C=O) groups is 1. The highest BCUT2D eigenvalue weighted by Gasteiger charge is 2.30. The zero-order valence-electron chi connectivity index (χ0n) is 15.9. The van der Waals surface area contributed by atoms with Gasteiger partial charge in [-0.05, 0) is 25.8 Å². The first-order valence-corrected chi connectivity index (χ1v) is 9.01. The molecule has 3 rings (SSSR count). The van der Waals surface area contributed by atoms with Crippen LogP contribution in [0.3, 0.4) is 0 Å². The van der Waals surface area contributed by atoms with Crippen molar-refractivity contribution in [3.63, 3.8) is 0 Å². The summed E-state index contributed by atoms with van der Waals surface area (Å²) in [5.74, 6) is -0.348. The molecule has 8 nitrogen and oxygen atoms in total. The van der Waals surface area contributed by atoms with Crippen molar-refractivity contribution in [2.45, 2.75) is 32.2 Å². The van der Waals surface area contributed by atoms with Crippen LogP contribution < -0.4 is 4.74 Å². The second-order valence-corrected chi connectivity index (χ2v) is 6.41. The van der Waals surface area contributed by atoms with Crippen molar-refractivity contribution in [3.8, 4) is 11.9 Å². The standard InChI is InChI=1S/C20H19FN6O2/c1-13(4-3-9-29-19-6-5-16(21)14(2)26-19)20(28)27-18(7-8-25-27)17-12-23-15(10-22)11-24-17/h5-6,8,11-12,18H,1,3-4,7,9H2,2H3. The molecule has 0 saturated heterocycles. The van der Waals surface area contributed by atoms with Crippen LogP contribution in [0.5, 0.6) is 5.88 Å². The summed E-state index contributed by atoms with van der Waals surface area (Å²) in [6.07, 6.45) is 5.96. The number of pyridine rings is 1. The van der Waals surface area contributed by atoms with Crippen molar-refractivity contribution in [3.05, 3.63) is 59.6 Å². The lowest BCUT2D eigenvalue weighted by atomic mass is 10.1. The number of hydrogen-bond donors (Lipinski definition) is 0. The van der Waals surface area contributed by atoms with Gasteiger partial charge in [0.2, 0.25) is 5.88 Å². The van der Waals surface area contributed by atoms with Gasteiger partial charge in [0.15, 0.2) is 5.69 Å². The number of carbonyl (C=O) groups excluding carboxylic acids is 1. The number of rotatable bonds is 7. The van der Waals surface area contributed by atoms with Gasteiger partial charge in [0.25, 0.3) is 5.91 Å². The average Bonchev–Trinajstić information content (AvgIpc) is 3.23. The maximum atomic E-state index is 13.2. The lowest BCUT2D eigenvalue weighted by Gasteiger charge is -2.22. The monoisotopic (exact) mass is 394 g/mol. The number of halogens is 1. The van der Waals surface area contributed by atoms with Gasteiger partial charge in [0, 0.05) is 24.3 Å². The molecule has 0 aliphatic carbocycles. The number of nitrogens with zero attached hydrogens (tertiary/aromatic N) is 6. The first kappa shape index (κ1) is 20.1. The predicted octanol–water partition coefficient (Wildman–Crippen LogP) is 2.87. The van der Waals surface area contributed by atoms with Gasteiger partial charge in [-0.1, -0.05) is 6.58 Å². The third-order valence-corrected chi connectivity index (χ3v) is 4.34. The van der Waals surface area contributed by atoms with Gasteiger partial charge in [-0.2, -0.15) is 10.4 Å². The van der Waals surface area contributed by atoms with E-state index in [-0.39, 0.29) is 29.2 Å². The van der Waals surface area contributed by atoms with Crippen LogP contribution in [0, 0.1) is 24.1 Å². The summed E-state index contributed by atoms with van der Waals surface area (Å²) in [5.41, 5.74) is 1.43. The van der Waals surface area contributed by atoms with Crippen molar-refractivity contribution in [1.82, 2.24) is 20.0 Å². The van der Waals surface area contributed by atoms with Gasteiger partial charge in [-0.25, -0.2) is 19.4 Å². The zero-order chi connectivity index (χ0) is 20.8. The molecule has 0 radical (unpaired) electrons. The van der Waals surface area contributed by atoms with E-state index < -0.39 is 0 Å². The zero-order valence-corrected chi connectivity index (χ0v) is 15.9. The number of hydrogen-bond acceptors (Lipinski definition) is 7. The maximum absolute atomic E-state index is 13.2. The molecule has 1 aliphatic heterocycles. The van der Waals surface area contributed by atoms with Gasteiger partial charge in [0.1, 0.15) is 17.9 Å². The Morgan fingerprint density at radius 2 is 2.24 bits per heavy atom. The average molecular weight is 394 g/mol. The normalized spacial score (nSPS) is 15.2.